The van der Waals surface area contributed by atoms with Crippen molar-refractivity contribution in [2.24, 2.45) is 11.8 Å². The zero-order chi connectivity index (χ0) is 19.8. The topological polar surface area (TPSA) is 78.7 Å². The van der Waals surface area contributed by atoms with Gasteiger partial charge in [-0.05, 0) is 50.5 Å². The van der Waals surface area contributed by atoms with Gasteiger partial charge in [-0.25, -0.2) is 9.97 Å². The third kappa shape index (κ3) is 3.97. The van der Waals surface area contributed by atoms with Gasteiger partial charge in [0.1, 0.15) is 21.7 Å². The van der Waals surface area contributed by atoms with Gasteiger partial charge >= 0.3 is 0 Å². The standard InChI is InChI=1S/C20H26N4OS2/c1-11(2)20(5,9-21)24-17(25)13(4)26-18-16-14-7-6-12(3)8-15(14)27-19(16)23-10-22-18/h10-13H,6-8H2,1-5H3,(H,24,25)/t12-,13-,20-/m0/s1. The van der Waals surface area contributed by atoms with E-state index in [-0.39, 0.29) is 17.1 Å². The minimum atomic E-state index is -0.870. The van der Waals surface area contributed by atoms with Crippen LogP contribution in [0.4, 0.5) is 0 Å². The number of rotatable bonds is 5. The lowest BCUT2D eigenvalue weighted by Gasteiger charge is -2.28. The highest BCUT2D eigenvalue weighted by Gasteiger charge is 2.32. The first-order valence-electron chi connectivity index (χ1n) is 9.40. The lowest BCUT2D eigenvalue weighted by Crippen LogP contribution is -2.51. The molecule has 7 heteroatoms. The van der Waals surface area contributed by atoms with Crippen LogP contribution in [0.3, 0.4) is 0 Å². The zero-order valence-electron chi connectivity index (χ0n) is 16.5. The number of nitrogens with one attached hydrogen (secondary N) is 1. The monoisotopic (exact) mass is 402 g/mol. The number of aromatic nitrogens is 2. The molecule has 0 saturated heterocycles. The Labute approximate surface area is 169 Å². The molecule has 1 aliphatic carbocycles. The van der Waals surface area contributed by atoms with Gasteiger partial charge in [0.05, 0.1) is 11.3 Å². The number of hydrogen-bond donors (Lipinski definition) is 1. The summed E-state index contributed by atoms with van der Waals surface area (Å²) in [5, 5.41) is 14.0. The van der Waals surface area contributed by atoms with E-state index in [1.807, 2.05) is 20.8 Å². The summed E-state index contributed by atoms with van der Waals surface area (Å²) in [6.07, 6.45) is 4.93. The van der Waals surface area contributed by atoms with Gasteiger partial charge in [0.2, 0.25) is 5.91 Å². The van der Waals surface area contributed by atoms with E-state index in [0.717, 1.165) is 28.1 Å². The molecule has 5 nitrogen and oxygen atoms in total. The van der Waals surface area contributed by atoms with E-state index in [1.54, 1.807) is 24.6 Å². The maximum absolute atomic E-state index is 12.7. The Morgan fingerprint density at radius 2 is 2.19 bits per heavy atom. The van der Waals surface area contributed by atoms with Crippen LogP contribution in [0, 0.1) is 23.2 Å². The third-order valence-corrected chi connectivity index (χ3v) is 7.75. The van der Waals surface area contributed by atoms with Crippen LogP contribution < -0.4 is 5.32 Å². The molecule has 0 fully saturated rings. The van der Waals surface area contributed by atoms with Crippen molar-refractivity contribution in [3.05, 3.63) is 16.8 Å². The Balaban J connectivity index is 1.84. The molecule has 3 atom stereocenters. The van der Waals surface area contributed by atoms with E-state index in [9.17, 15) is 10.1 Å². The summed E-state index contributed by atoms with van der Waals surface area (Å²) < 4.78 is 0. The second-order valence-electron chi connectivity index (χ2n) is 7.93. The van der Waals surface area contributed by atoms with E-state index in [2.05, 4.69) is 28.3 Å². The highest BCUT2D eigenvalue weighted by molar-refractivity contribution is 8.00. The summed E-state index contributed by atoms with van der Waals surface area (Å²) in [5.41, 5.74) is 0.498. The number of carbonyl (C=O) groups excluding carboxylic acids is 1. The molecule has 3 rings (SSSR count). The zero-order valence-corrected chi connectivity index (χ0v) is 18.1. The van der Waals surface area contributed by atoms with Gasteiger partial charge in [-0.2, -0.15) is 5.26 Å². The van der Waals surface area contributed by atoms with Gasteiger partial charge in [-0.1, -0.05) is 32.5 Å². The molecule has 0 aliphatic heterocycles. The van der Waals surface area contributed by atoms with Crippen molar-refractivity contribution in [2.75, 3.05) is 0 Å². The van der Waals surface area contributed by atoms with Crippen molar-refractivity contribution >= 4 is 39.2 Å². The smallest absolute Gasteiger partial charge is 0.234 e. The van der Waals surface area contributed by atoms with Gasteiger partial charge in [0.15, 0.2) is 0 Å². The number of aryl methyl sites for hydroxylation is 1. The number of amides is 1. The molecule has 0 bridgehead atoms. The van der Waals surface area contributed by atoms with E-state index >= 15 is 0 Å². The van der Waals surface area contributed by atoms with Gasteiger partial charge < -0.3 is 5.32 Å². The molecule has 1 aliphatic rings. The fraction of sp³-hybridized carbons (Fsp3) is 0.600. The molecule has 0 saturated carbocycles. The van der Waals surface area contributed by atoms with Crippen LogP contribution >= 0.6 is 23.1 Å². The van der Waals surface area contributed by atoms with Crippen LogP contribution in [-0.2, 0) is 17.6 Å². The molecule has 144 valence electrons. The van der Waals surface area contributed by atoms with E-state index < -0.39 is 5.54 Å². The van der Waals surface area contributed by atoms with Crippen LogP contribution in [0.5, 0.6) is 0 Å². The Hall–Kier alpha value is -1.65. The van der Waals surface area contributed by atoms with Crippen LogP contribution in [0.2, 0.25) is 0 Å². The molecule has 0 spiro atoms. The number of thiophene rings is 1. The van der Waals surface area contributed by atoms with Gasteiger partial charge in [-0.3, -0.25) is 4.79 Å². The molecule has 1 N–H and O–H groups in total. The van der Waals surface area contributed by atoms with E-state index in [0.29, 0.717) is 5.92 Å². The number of carbonyl (C=O) groups is 1. The summed E-state index contributed by atoms with van der Waals surface area (Å²) in [6.45, 7) is 9.81. The summed E-state index contributed by atoms with van der Waals surface area (Å²) in [4.78, 5) is 24.1. The molecule has 0 radical (unpaired) electrons. The predicted octanol–water partition coefficient (Wildman–Crippen LogP) is 4.35. The molecule has 0 unspecified atom stereocenters. The molecule has 27 heavy (non-hydrogen) atoms. The number of hydrogen-bond acceptors (Lipinski definition) is 6. The maximum atomic E-state index is 12.7. The third-order valence-electron chi connectivity index (χ3n) is 5.48. The molecule has 2 heterocycles. The van der Waals surface area contributed by atoms with Crippen LogP contribution in [-0.4, -0.2) is 26.7 Å². The van der Waals surface area contributed by atoms with Crippen molar-refractivity contribution in [2.45, 2.75) is 69.7 Å². The van der Waals surface area contributed by atoms with Crippen molar-refractivity contribution in [3.63, 3.8) is 0 Å². The second kappa shape index (κ2) is 7.76. The quantitative estimate of drug-likeness (QED) is 0.594. The first-order chi connectivity index (χ1) is 12.7. The lowest BCUT2D eigenvalue weighted by atomic mass is 9.89. The van der Waals surface area contributed by atoms with Crippen LogP contribution in [0.15, 0.2) is 11.4 Å². The van der Waals surface area contributed by atoms with Gasteiger partial charge in [0.25, 0.3) is 0 Å². The van der Waals surface area contributed by atoms with Gasteiger partial charge in [0, 0.05) is 10.3 Å². The molecule has 1 amide bonds. The molecule has 2 aromatic rings. The Kier molecular flexibility index (Phi) is 5.78. The Bertz CT molecular complexity index is 901. The highest BCUT2D eigenvalue weighted by atomic mass is 32.2. The van der Waals surface area contributed by atoms with Crippen molar-refractivity contribution in [1.82, 2.24) is 15.3 Å². The minimum Gasteiger partial charge on any atom is -0.337 e. The van der Waals surface area contributed by atoms with Crippen molar-refractivity contribution < 1.29 is 4.79 Å². The molecule has 2 aromatic heterocycles. The average Bonchev–Trinajstić information content (AvgIpc) is 2.99. The maximum Gasteiger partial charge on any atom is 0.234 e. The summed E-state index contributed by atoms with van der Waals surface area (Å²) in [6, 6.07) is 2.23. The Morgan fingerprint density at radius 3 is 2.85 bits per heavy atom. The second-order valence-corrected chi connectivity index (χ2v) is 10.3. The SMILES string of the molecule is CC(C)[C@](C)(C#N)NC(=O)[C@H](C)Sc1ncnc2sc3c(c12)CC[C@H](C)C3. The first-order valence-corrected chi connectivity index (χ1v) is 11.1. The normalized spacial score (nSPS) is 20.0. The molecular formula is C20H26N4OS2. The fourth-order valence-electron chi connectivity index (χ4n) is 3.22. The van der Waals surface area contributed by atoms with Gasteiger partial charge in [-0.15, -0.1) is 11.3 Å². The average molecular weight is 403 g/mol. The number of nitriles is 1. The number of nitrogens with zero attached hydrogens (tertiary/aromatic N) is 3. The summed E-state index contributed by atoms with van der Waals surface area (Å²) >= 11 is 3.22. The Morgan fingerprint density at radius 1 is 1.44 bits per heavy atom. The fourth-order valence-corrected chi connectivity index (χ4v) is 5.58. The highest BCUT2D eigenvalue weighted by Crippen LogP contribution is 2.41. The van der Waals surface area contributed by atoms with Crippen LogP contribution in [0.25, 0.3) is 10.2 Å². The summed E-state index contributed by atoms with van der Waals surface area (Å²) in [5.74, 6) is 0.599. The lowest BCUT2D eigenvalue weighted by molar-refractivity contribution is -0.121. The van der Waals surface area contributed by atoms with Crippen LogP contribution in [0.1, 0.15) is 51.5 Å². The number of thioether (sulfide) groups is 1. The number of fused-ring (bicyclic) bond motifs is 3. The predicted molar refractivity (Wildman–Crippen MR) is 111 cm³/mol. The molecular weight excluding hydrogens is 376 g/mol. The largest absolute Gasteiger partial charge is 0.337 e. The van der Waals surface area contributed by atoms with E-state index in [4.69, 9.17) is 0 Å². The van der Waals surface area contributed by atoms with E-state index in [1.165, 1.54) is 28.6 Å². The minimum absolute atomic E-state index is 0.0280. The first kappa shape index (κ1) is 20.1. The summed E-state index contributed by atoms with van der Waals surface area (Å²) in [7, 11) is 0. The van der Waals surface area contributed by atoms with Crippen molar-refractivity contribution in [3.8, 4) is 6.07 Å². The molecule has 0 aromatic carbocycles. The van der Waals surface area contributed by atoms with Crippen molar-refractivity contribution in [1.29, 1.82) is 5.26 Å².